The molecule has 12 heavy (non-hydrogen) atoms. The van der Waals surface area contributed by atoms with Crippen LogP contribution in [-0.2, 0) is 4.74 Å². The van der Waals surface area contributed by atoms with Crippen LogP contribution in [0.25, 0.3) is 0 Å². The summed E-state index contributed by atoms with van der Waals surface area (Å²) in [5, 5.41) is 8.45. The highest BCUT2D eigenvalue weighted by Crippen LogP contribution is 1.98. The van der Waals surface area contributed by atoms with Gasteiger partial charge in [0.2, 0.25) is 0 Å². The molecule has 2 nitrogen and oxygen atoms in total. The smallest absolute Gasteiger partial charge is 0.118 e. The second kappa shape index (κ2) is 8.08. The van der Waals surface area contributed by atoms with Gasteiger partial charge in [-0.05, 0) is 18.6 Å². The van der Waals surface area contributed by atoms with Gasteiger partial charge in [-0.2, -0.15) is 0 Å². The third-order valence-electron chi connectivity index (χ3n) is 1.26. The van der Waals surface area contributed by atoms with Crippen LogP contribution in [0.2, 0.25) is 0 Å². The largest absolute Gasteiger partial charge is 0.497 e. The SMILES string of the molecule is CC\C=C/C(=C\C=C\CO)OC. The molecular weight excluding hydrogens is 152 g/mol. The monoisotopic (exact) mass is 168 g/mol. The lowest BCUT2D eigenvalue weighted by atomic mass is 10.3. The first-order valence-corrected chi connectivity index (χ1v) is 4.03. The summed E-state index contributed by atoms with van der Waals surface area (Å²) in [6.45, 7) is 2.12. The van der Waals surface area contributed by atoms with Crippen LogP contribution in [0.1, 0.15) is 13.3 Å². The molecule has 0 aromatic carbocycles. The highest BCUT2D eigenvalue weighted by molar-refractivity contribution is 5.18. The molecular formula is C10H16O2. The van der Waals surface area contributed by atoms with E-state index < -0.39 is 0 Å². The van der Waals surface area contributed by atoms with Gasteiger partial charge < -0.3 is 9.84 Å². The standard InChI is InChI=1S/C10H16O2/c1-3-4-7-10(12-2)8-5-6-9-11/h4-8,11H,3,9H2,1-2H3/b6-5+,7-4-,10-8+. The van der Waals surface area contributed by atoms with Crippen molar-refractivity contribution in [3.63, 3.8) is 0 Å². The lowest BCUT2D eigenvalue weighted by molar-refractivity contribution is 0.306. The maximum Gasteiger partial charge on any atom is 0.118 e. The molecule has 68 valence electrons. The molecule has 0 unspecified atom stereocenters. The highest BCUT2D eigenvalue weighted by Gasteiger charge is 1.83. The summed E-state index contributed by atoms with van der Waals surface area (Å²) in [6, 6.07) is 0. The predicted molar refractivity (Wildman–Crippen MR) is 50.7 cm³/mol. The van der Waals surface area contributed by atoms with Crippen molar-refractivity contribution in [1.82, 2.24) is 0 Å². The van der Waals surface area contributed by atoms with Crippen molar-refractivity contribution in [3.05, 3.63) is 36.1 Å². The Labute approximate surface area is 73.9 Å². The van der Waals surface area contributed by atoms with Crippen LogP contribution in [0.5, 0.6) is 0 Å². The third-order valence-corrected chi connectivity index (χ3v) is 1.26. The van der Waals surface area contributed by atoms with Gasteiger partial charge in [-0.25, -0.2) is 0 Å². The first kappa shape index (κ1) is 11.0. The Bertz CT molecular complexity index is 178. The number of rotatable bonds is 5. The zero-order valence-corrected chi connectivity index (χ0v) is 7.66. The van der Waals surface area contributed by atoms with Gasteiger partial charge in [-0.3, -0.25) is 0 Å². The van der Waals surface area contributed by atoms with E-state index in [9.17, 15) is 0 Å². The lowest BCUT2D eigenvalue weighted by Gasteiger charge is -1.96. The van der Waals surface area contributed by atoms with Crippen LogP contribution < -0.4 is 0 Å². The van der Waals surface area contributed by atoms with Crippen molar-refractivity contribution in [2.75, 3.05) is 13.7 Å². The Morgan fingerprint density at radius 3 is 2.67 bits per heavy atom. The lowest BCUT2D eigenvalue weighted by Crippen LogP contribution is -1.80. The van der Waals surface area contributed by atoms with Gasteiger partial charge in [0.1, 0.15) is 5.76 Å². The van der Waals surface area contributed by atoms with E-state index in [1.807, 2.05) is 18.2 Å². The molecule has 0 saturated heterocycles. The fraction of sp³-hybridized carbons (Fsp3) is 0.400. The van der Waals surface area contributed by atoms with Crippen LogP contribution in [0, 0.1) is 0 Å². The molecule has 0 aliphatic heterocycles. The van der Waals surface area contributed by atoms with E-state index in [-0.39, 0.29) is 6.61 Å². The van der Waals surface area contributed by atoms with Gasteiger partial charge in [-0.15, -0.1) is 0 Å². The van der Waals surface area contributed by atoms with Crippen molar-refractivity contribution in [3.8, 4) is 0 Å². The molecule has 0 bridgehead atoms. The van der Waals surface area contributed by atoms with E-state index in [2.05, 4.69) is 6.92 Å². The van der Waals surface area contributed by atoms with Gasteiger partial charge in [0, 0.05) is 0 Å². The molecule has 2 heteroatoms. The van der Waals surface area contributed by atoms with E-state index in [4.69, 9.17) is 9.84 Å². The second-order valence-corrected chi connectivity index (χ2v) is 2.19. The topological polar surface area (TPSA) is 29.5 Å². The summed E-state index contributed by atoms with van der Waals surface area (Å²) in [7, 11) is 1.62. The molecule has 0 amide bonds. The molecule has 0 aromatic heterocycles. The average Bonchev–Trinajstić information content (AvgIpc) is 2.11. The van der Waals surface area contributed by atoms with Crippen molar-refractivity contribution in [1.29, 1.82) is 0 Å². The fourth-order valence-electron chi connectivity index (χ4n) is 0.649. The number of methoxy groups -OCH3 is 1. The zero-order valence-electron chi connectivity index (χ0n) is 7.66. The van der Waals surface area contributed by atoms with Gasteiger partial charge >= 0.3 is 0 Å². The van der Waals surface area contributed by atoms with Crippen molar-refractivity contribution < 1.29 is 9.84 Å². The quantitative estimate of drug-likeness (QED) is 0.502. The molecule has 0 aromatic rings. The molecule has 0 aliphatic carbocycles. The first-order chi connectivity index (χ1) is 5.85. The van der Waals surface area contributed by atoms with Crippen LogP contribution in [0.3, 0.4) is 0 Å². The average molecular weight is 168 g/mol. The summed E-state index contributed by atoms with van der Waals surface area (Å²) in [5.41, 5.74) is 0. The Hall–Kier alpha value is -1.02. The molecule has 0 aliphatic rings. The minimum absolute atomic E-state index is 0.0605. The molecule has 0 fully saturated rings. The van der Waals surface area contributed by atoms with Crippen LogP contribution in [0.4, 0.5) is 0 Å². The maximum absolute atomic E-state index is 8.45. The zero-order chi connectivity index (χ0) is 9.23. The number of hydrogen-bond acceptors (Lipinski definition) is 2. The number of aliphatic hydroxyl groups excluding tert-OH is 1. The van der Waals surface area contributed by atoms with Gasteiger partial charge in [-0.1, -0.05) is 25.2 Å². The third kappa shape index (κ3) is 5.74. The number of aliphatic hydroxyl groups is 1. The number of allylic oxidation sites excluding steroid dienone is 4. The molecule has 1 N–H and O–H groups in total. The maximum atomic E-state index is 8.45. The van der Waals surface area contributed by atoms with E-state index in [1.54, 1.807) is 19.3 Å². The number of ether oxygens (including phenoxy) is 1. The van der Waals surface area contributed by atoms with E-state index in [0.717, 1.165) is 12.2 Å². The van der Waals surface area contributed by atoms with Gasteiger partial charge in [0.15, 0.2) is 0 Å². The van der Waals surface area contributed by atoms with E-state index in [1.165, 1.54) is 0 Å². The van der Waals surface area contributed by atoms with Gasteiger partial charge in [0.25, 0.3) is 0 Å². The predicted octanol–water partition coefficient (Wildman–Crippen LogP) is 2.03. The van der Waals surface area contributed by atoms with E-state index >= 15 is 0 Å². The Morgan fingerprint density at radius 1 is 1.42 bits per heavy atom. The van der Waals surface area contributed by atoms with Crippen LogP contribution in [0.15, 0.2) is 36.1 Å². The van der Waals surface area contributed by atoms with Crippen molar-refractivity contribution in [2.24, 2.45) is 0 Å². The van der Waals surface area contributed by atoms with E-state index in [0.29, 0.717) is 0 Å². The Kier molecular flexibility index (Phi) is 7.39. The second-order valence-electron chi connectivity index (χ2n) is 2.19. The van der Waals surface area contributed by atoms with Crippen LogP contribution >= 0.6 is 0 Å². The highest BCUT2D eigenvalue weighted by atomic mass is 16.5. The summed E-state index contributed by atoms with van der Waals surface area (Å²) < 4.78 is 5.04. The minimum atomic E-state index is 0.0605. The minimum Gasteiger partial charge on any atom is -0.497 e. The fourth-order valence-corrected chi connectivity index (χ4v) is 0.649. The summed E-state index contributed by atoms with van der Waals surface area (Å²) in [5.74, 6) is 0.793. The molecule has 0 spiro atoms. The van der Waals surface area contributed by atoms with Crippen molar-refractivity contribution >= 4 is 0 Å². The molecule has 0 atom stereocenters. The van der Waals surface area contributed by atoms with Crippen molar-refractivity contribution in [2.45, 2.75) is 13.3 Å². The Balaban J connectivity index is 4.03. The number of hydrogen-bond donors (Lipinski definition) is 1. The molecule has 0 heterocycles. The molecule has 0 saturated carbocycles. The summed E-state index contributed by atoms with van der Waals surface area (Å²) in [6.07, 6.45) is 10.1. The van der Waals surface area contributed by atoms with Gasteiger partial charge in [0.05, 0.1) is 13.7 Å². The molecule has 0 radical (unpaired) electrons. The summed E-state index contributed by atoms with van der Waals surface area (Å²) in [4.78, 5) is 0. The Morgan fingerprint density at radius 2 is 2.17 bits per heavy atom. The first-order valence-electron chi connectivity index (χ1n) is 4.03. The normalized spacial score (nSPS) is 13.1. The summed E-state index contributed by atoms with van der Waals surface area (Å²) >= 11 is 0. The molecule has 0 rings (SSSR count). The van der Waals surface area contributed by atoms with Crippen LogP contribution in [-0.4, -0.2) is 18.8 Å².